The molecule has 1 aromatic rings. The molecule has 0 bridgehead atoms. The lowest BCUT2D eigenvalue weighted by molar-refractivity contribution is 0.0696. The average Bonchev–Trinajstić information content (AvgIpc) is 2.34. The zero-order valence-corrected chi connectivity index (χ0v) is 10.8. The van der Waals surface area contributed by atoms with Gasteiger partial charge in [-0.05, 0) is 24.5 Å². The van der Waals surface area contributed by atoms with E-state index in [9.17, 15) is 9.90 Å². The van der Waals surface area contributed by atoms with Crippen molar-refractivity contribution in [3.63, 3.8) is 0 Å². The van der Waals surface area contributed by atoms with E-state index >= 15 is 0 Å². The van der Waals surface area contributed by atoms with Gasteiger partial charge in [-0.3, -0.25) is 4.98 Å². The second-order valence-electron chi connectivity index (χ2n) is 4.73. The van der Waals surface area contributed by atoms with Gasteiger partial charge in [0.25, 0.3) is 0 Å². The molecule has 0 unspecified atom stereocenters. The van der Waals surface area contributed by atoms with Crippen LogP contribution in [0.15, 0.2) is 18.3 Å². The van der Waals surface area contributed by atoms with E-state index in [0.717, 1.165) is 6.42 Å². The summed E-state index contributed by atoms with van der Waals surface area (Å²) in [7, 11) is 0. The van der Waals surface area contributed by atoms with Crippen LogP contribution >= 0.6 is 0 Å². The fraction of sp³-hybridized carbons (Fsp3) is 0.538. The summed E-state index contributed by atoms with van der Waals surface area (Å²) in [6.07, 6.45) is 2.35. The van der Waals surface area contributed by atoms with Crippen molar-refractivity contribution in [2.75, 3.05) is 6.61 Å². The lowest BCUT2D eigenvalue weighted by Gasteiger charge is -2.18. The van der Waals surface area contributed by atoms with Gasteiger partial charge in [-0.15, -0.1) is 0 Å². The van der Waals surface area contributed by atoms with E-state index < -0.39 is 5.97 Å². The topological polar surface area (TPSA) is 82.5 Å². The largest absolute Gasteiger partial charge is 0.478 e. The predicted molar refractivity (Wildman–Crippen MR) is 68.4 cm³/mol. The Labute approximate surface area is 107 Å². The molecule has 18 heavy (non-hydrogen) atoms. The minimum Gasteiger partial charge on any atom is -0.478 e. The second kappa shape index (κ2) is 7.08. The number of rotatable bonds is 7. The van der Waals surface area contributed by atoms with Crippen molar-refractivity contribution < 1.29 is 15.0 Å². The molecular formula is C13H20N2O3. The molecule has 5 nitrogen and oxygen atoms in total. The van der Waals surface area contributed by atoms with Crippen LogP contribution in [-0.2, 0) is 6.54 Å². The first-order chi connectivity index (χ1) is 8.52. The molecule has 5 heteroatoms. The Morgan fingerprint density at radius 3 is 2.78 bits per heavy atom. The van der Waals surface area contributed by atoms with Crippen molar-refractivity contribution in [2.24, 2.45) is 5.92 Å². The quantitative estimate of drug-likeness (QED) is 0.681. The molecule has 1 atom stereocenters. The minimum absolute atomic E-state index is 0.0142. The molecule has 1 aromatic heterocycles. The van der Waals surface area contributed by atoms with Crippen LogP contribution in [-0.4, -0.2) is 33.8 Å². The van der Waals surface area contributed by atoms with Crippen LogP contribution < -0.4 is 5.32 Å². The Bertz CT molecular complexity index is 394. The Kier molecular flexibility index (Phi) is 5.74. The van der Waals surface area contributed by atoms with Gasteiger partial charge < -0.3 is 15.5 Å². The molecule has 1 rings (SSSR count). The number of pyridine rings is 1. The third-order valence-electron chi connectivity index (χ3n) is 2.61. The molecule has 3 N–H and O–H groups in total. The van der Waals surface area contributed by atoms with Crippen molar-refractivity contribution in [1.82, 2.24) is 10.3 Å². The number of aromatic carboxylic acids is 1. The number of hydrogen-bond acceptors (Lipinski definition) is 4. The van der Waals surface area contributed by atoms with Gasteiger partial charge in [-0.2, -0.15) is 0 Å². The van der Waals surface area contributed by atoms with Gasteiger partial charge >= 0.3 is 5.97 Å². The molecular weight excluding hydrogens is 232 g/mol. The van der Waals surface area contributed by atoms with Crippen LogP contribution in [0.25, 0.3) is 0 Å². The van der Waals surface area contributed by atoms with E-state index in [1.165, 1.54) is 12.3 Å². The zero-order chi connectivity index (χ0) is 13.5. The van der Waals surface area contributed by atoms with Crippen LogP contribution in [0.4, 0.5) is 0 Å². The summed E-state index contributed by atoms with van der Waals surface area (Å²) in [4.78, 5) is 14.9. The number of nitrogens with zero attached hydrogens (tertiary/aromatic N) is 1. The van der Waals surface area contributed by atoms with Gasteiger partial charge in [0.15, 0.2) is 0 Å². The van der Waals surface area contributed by atoms with E-state index in [4.69, 9.17) is 5.11 Å². The fourth-order valence-electron chi connectivity index (χ4n) is 1.75. The molecule has 0 amide bonds. The van der Waals surface area contributed by atoms with E-state index in [-0.39, 0.29) is 18.2 Å². The highest BCUT2D eigenvalue weighted by molar-refractivity contribution is 5.87. The maximum absolute atomic E-state index is 10.8. The van der Waals surface area contributed by atoms with Crippen LogP contribution in [0, 0.1) is 5.92 Å². The van der Waals surface area contributed by atoms with E-state index in [1.54, 1.807) is 6.07 Å². The number of aliphatic hydroxyl groups is 1. The Morgan fingerprint density at radius 2 is 2.22 bits per heavy atom. The SMILES string of the molecule is CC(C)C[C@@H](CO)NCc1cc(C(=O)O)ccn1. The smallest absolute Gasteiger partial charge is 0.335 e. The van der Waals surface area contributed by atoms with Crippen LogP contribution in [0.2, 0.25) is 0 Å². The summed E-state index contributed by atoms with van der Waals surface area (Å²) in [5.74, 6) is -0.465. The van der Waals surface area contributed by atoms with Crippen molar-refractivity contribution in [3.8, 4) is 0 Å². The van der Waals surface area contributed by atoms with Crippen molar-refractivity contribution in [1.29, 1.82) is 0 Å². The zero-order valence-electron chi connectivity index (χ0n) is 10.8. The fourth-order valence-corrected chi connectivity index (χ4v) is 1.75. The van der Waals surface area contributed by atoms with Gasteiger partial charge in [0.2, 0.25) is 0 Å². The molecule has 0 aromatic carbocycles. The van der Waals surface area contributed by atoms with Crippen molar-refractivity contribution >= 4 is 5.97 Å². The van der Waals surface area contributed by atoms with Crippen LogP contribution in [0.3, 0.4) is 0 Å². The number of nitrogens with one attached hydrogen (secondary N) is 1. The first-order valence-corrected chi connectivity index (χ1v) is 6.05. The maximum Gasteiger partial charge on any atom is 0.335 e. The number of carboxylic acids is 1. The molecule has 0 spiro atoms. The normalized spacial score (nSPS) is 12.7. The van der Waals surface area contributed by atoms with Crippen molar-refractivity contribution in [2.45, 2.75) is 32.9 Å². The van der Waals surface area contributed by atoms with Crippen molar-refractivity contribution in [3.05, 3.63) is 29.6 Å². The van der Waals surface area contributed by atoms with E-state index in [1.807, 2.05) is 0 Å². The average molecular weight is 252 g/mol. The Balaban J connectivity index is 2.56. The first kappa shape index (κ1) is 14.6. The number of hydrogen-bond donors (Lipinski definition) is 3. The highest BCUT2D eigenvalue weighted by Gasteiger charge is 2.10. The maximum atomic E-state index is 10.8. The molecule has 100 valence electrons. The molecule has 0 radical (unpaired) electrons. The Morgan fingerprint density at radius 1 is 1.50 bits per heavy atom. The number of aromatic nitrogens is 1. The summed E-state index contributed by atoms with van der Waals surface area (Å²) in [5, 5.41) is 21.3. The lowest BCUT2D eigenvalue weighted by Crippen LogP contribution is -2.33. The molecule has 0 saturated heterocycles. The summed E-state index contributed by atoms with van der Waals surface area (Å²) < 4.78 is 0. The molecule has 0 aliphatic rings. The predicted octanol–water partition coefficient (Wildman–Crippen LogP) is 1.28. The molecule has 1 heterocycles. The monoisotopic (exact) mass is 252 g/mol. The van der Waals surface area contributed by atoms with E-state index in [2.05, 4.69) is 24.1 Å². The summed E-state index contributed by atoms with van der Waals surface area (Å²) in [5.41, 5.74) is 0.892. The highest BCUT2D eigenvalue weighted by Crippen LogP contribution is 2.06. The summed E-state index contributed by atoms with van der Waals surface area (Å²) in [6.45, 7) is 4.71. The summed E-state index contributed by atoms with van der Waals surface area (Å²) >= 11 is 0. The van der Waals surface area contributed by atoms with Crippen LogP contribution in [0.5, 0.6) is 0 Å². The van der Waals surface area contributed by atoms with E-state index in [0.29, 0.717) is 18.2 Å². The standard InChI is InChI=1S/C13H20N2O3/c1-9(2)5-12(8-16)15-7-11-6-10(13(17)18)3-4-14-11/h3-4,6,9,12,15-16H,5,7-8H2,1-2H3,(H,17,18)/t12-/m0/s1. The van der Waals surface area contributed by atoms with Crippen LogP contribution in [0.1, 0.15) is 36.3 Å². The third-order valence-corrected chi connectivity index (χ3v) is 2.61. The second-order valence-corrected chi connectivity index (χ2v) is 4.73. The van der Waals surface area contributed by atoms with Gasteiger partial charge in [0, 0.05) is 18.8 Å². The van der Waals surface area contributed by atoms with Gasteiger partial charge in [0.05, 0.1) is 17.9 Å². The number of aliphatic hydroxyl groups excluding tert-OH is 1. The minimum atomic E-state index is -0.959. The highest BCUT2D eigenvalue weighted by atomic mass is 16.4. The molecule has 0 aliphatic carbocycles. The Hall–Kier alpha value is -1.46. The first-order valence-electron chi connectivity index (χ1n) is 6.05. The van der Waals surface area contributed by atoms with Gasteiger partial charge in [0.1, 0.15) is 0 Å². The number of carboxylic acid groups (broad SMARTS) is 1. The molecule has 0 aliphatic heterocycles. The molecule has 0 fully saturated rings. The summed E-state index contributed by atoms with van der Waals surface area (Å²) in [6, 6.07) is 3.02. The molecule has 0 saturated carbocycles. The lowest BCUT2D eigenvalue weighted by atomic mass is 10.0. The van der Waals surface area contributed by atoms with Gasteiger partial charge in [-0.1, -0.05) is 13.8 Å². The van der Waals surface area contributed by atoms with Gasteiger partial charge in [-0.25, -0.2) is 4.79 Å². The number of carbonyl (C=O) groups is 1. The third kappa shape index (κ3) is 4.81.